The van der Waals surface area contributed by atoms with Crippen molar-refractivity contribution in [1.29, 1.82) is 0 Å². The molecule has 2 fully saturated rings. The molecular weight excluding hydrogens is 290 g/mol. The van der Waals surface area contributed by atoms with Gasteiger partial charge in [-0.25, -0.2) is 4.99 Å². The van der Waals surface area contributed by atoms with Crippen molar-refractivity contribution in [2.45, 2.75) is 64.2 Å². The van der Waals surface area contributed by atoms with E-state index in [1.54, 1.807) is 0 Å². The zero-order valence-corrected chi connectivity index (χ0v) is 13.7. The van der Waals surface area contributed by atoms with Crippen LogP contribution in [0.25, 0.3) is 0 Å². The Bertz CT molecular complexity index is 602. The van der Waals surface area contributed by atoms with Gasteiger partial charge in [-0.1, -0.05) is 18.2 Å². The summed E-state index contributed by atoms with van der Waals surface area (Å²) in [4.78, 5) is 4.75. The Labute approximate surface area is 137 Å². The predicted octanol–water partition coefficient (Wildman–Crippen LogP) is 2.09. The van der Waals surface area contributed by atoms with E-state index < -0.39 is 0 Å². The predicted molar refractivity (Wildman–Crippen MR) is 89.2 cm³/mol. The number of benzene rings is 1. The highest BCUT2D eigenvalue weighted by atomic mass is 16.5. The Morgan fingerprint density at radius 2 is 2.17 bits per heavy atom. The van der Waals surface area contributed by atoms with Crippen LogP contribution >= 0.6 is 0 Å². The molecule has 2 saturated heterocycles. The summed E-state index contributed by atoms with van der Waals surface area (Å²) in [6, 6.07) is 6.94. The molecule has 3 aliphatic heterocycles. The third-order valence-corrected chi connectivity index (χ3v) is 4.98. The molecule has 0 radical (unpaired) electrons. The molecule has 2 bridgehead atoms. The smallest absolute Gasteiger partial charge is 0.191 e. The zero-order chi connectivity index (χ0) is 15.6. The number of nitrogens with zero attached hydrogens (tertiary/aromatic N) is 1. The number of rotatable bonds is 4. The quantitative estimate of drug-likeness (QED) is 0.660. The highest BCUT2D eigenvalue weighted by Gasteiger charge is 2.41. The average Bonchev–Trinajstić information content (AvgIpc) is 3.28. The number of nitrogens with one attached hydrogen (secondary N) is 2. The van der Waals surface area contributed by atoms with Crippen molar-refractivity contribution >= 4 is 5.96 Å². The second kappa shape index (κ2) is 6.49. The number of fused-ring (bicyclic) bond motifs is 3. The third kappa shape index (κ3) is 3.21. The van der Waals surface area contributed by atoms with Gasteiger partial charge in [-0.2, -0.15) is 0 Å². The Balaban J connectivity index is 1.41. The van der Waals surface area contributed by atoms with Crippen molar-refractivity contribution in [3.8, 4) is 0 Å². The molecule has 0 aromatic heterocycles. The number of hydrogen-bond acceptors (Lipinski definition) is 3. The normalized spacial score (nSPS) is 28.9. The summed E-state index contributed by atoms with van der Waals surface area (Å²) in [6.07, 6.45) is 4.31. The van der Waals surface area contributed by atoms with Crippen LogP contribution in [0.15, 0.2) is 23.2 Å². The van der Waals surface area contributed by atoms with Gasteiger partial charge in [-0.05, 0) is 42.9 Å². The number of hydrogen-bond donors (Lipinski definition) is 2. The van der Waals surface area contributed by atoms with Gasteiger partial charge in [0.25, 0.3) is 0 Å². The SMILES string of the molecule is CCNC(=NCc1ccc2c(c1)COC2)NC1CC2CCC1O2. The van der Waals surface area contributed by atoms with Gasteiger partial charge in [0.05, 0.1) is 38.0 Å². The summed E-state index contributed by atoms with van der Waals surface area (Å²) < 4.78 is 11.4. The fourth-order valence-corrected chi connectivity index (χ4v) is 3.78. The lowest BCUT2D eigenvalue weighted by atomic mass is 9.96. The van der Waals surface area contributed by atoms with E-state index in [-0.39, 0.29) is 0 Å². The summed E-state index contributed by atoms with van der Waals surface area (Å²) in [5.74, 6) is 0.894. The Kier molecular flexibility index (Phi) is 4.23. The van der Waals surface area contributed by atoms with Crippen LogP contribution in [0.4, 0.5) is 0 Å². The van der Waals surface area contributed by atoms with E-state index in [1.165, 1.54) is 29.5 Å². The molecule has 0 spiro atoms. The average molecular weight is 315 g/mol. The van der Waals surface area contributed by atoms with E-state index in [2.05, 4.69) is 35.8 Å². The first-order valence-electron chi connectivity index (χ1n) is 8.70. The van der Waals surface area contributed by atoms with E-state index in [9.17, 15) is 0 Å². The molecule has 0 saturated carbocycles. The highest BCUT2D eigenvalue weighted by Crippen LogP contribution is 2.34. The van der Waals surface area contributed by atoms with Crippen LogP contribution in [-0.2, 0) is 29.2 Å². The van der Waals surface area contributed by atoms with Crippen molar-refractivity contribution < 1.29 is 9.47 Å². The molecule has 0 amide bonds. The first kappa shape index (κ1) is 15.0. The van der Waals surface area contributed by atoms with Gasteiger partial charge in [0.2, 0.25) is 0 Å². The van der Waals surface area contributed by atoms with Crippen molar-refractivity contribution in [3.05, 3.63) is 34.9 Å². The minimum absolute atomic E-state index is 0.362. The van der Waals surface area contributed by atoms with Crippen molar-refractivity contribution in [1.82, 2.24) is 10.6 Å². The fourth-order valence-electron chi connectivity index (χ4n) is 3.78. The number of ether oxygens (including phenoxy) is 2. The lowest BCUT2D eigenvalue weighted by molar-refractivity contribution is 0.0992. The third-order valence-electron chi connectivity index (χ3n) is 4.98. The Hall–Kier alpha value is -1.59. The van der Waals surface area contributed by atoms with E-state index in [1.807, 2.05) is 0 Å². The molecule has 5 heteroatoms. The lowest BCUT2D eigenvalue weighted by Crippen LogP contribution is -2.47. The molecule has 0 aliphatic carbocycles. The molecule has 4 rings (SSSR count). The minimum atomic E-state index is 0.362. The van der Waals surface area contributed by atoms with Crippen LogP contribution < -0.4 is 10.6 Å². The van der Waals surface area contributed by atoms with Crippen molar-refractivity contribution in [2.75, 3.05) is 6.54 Å². The summed E-state index contributed by atoms with van der Waals surface area (Å²) in [6.45, 7) is 5.12. The summed E-state index contributed by atoms with van der Waals surface area (Å²) in [5, 5.41) is 6.91. The largest absolute Gasteiger partial charge is 0.373 e. The summed E-state index contributed by atoms with van der Waals surface area (Å²) >= 11 is 0. The topological polar surface area (TPSA) is 54.9 Å². The lowest BCUT2D eigenvalue weighted by Gasteiger charge is -2.22. The fraction of sp³-hybridized carbons (Fsp3) is 0.611. The van der Waals surface area contributed by atoms with Crippen molar-refractivity contribution in [3.63, 3.8) is 0 Å². The van der Waals surface area contributed by atoms with E-state index in [0.717, 1.165) is 32.1 Å². The minimum Gasteiger partial charge on any atom is -0.373 e. The van der Waals surface area contributed by atoms with Gasteiger partial charge < -0.3 is 20.1 Å². The first-order chi connectivity index (χ1) is 11.3. The molecule has 124 valence electrons. The van der Waals surface area contributed by atoms with Crippen LogP contribution in [0.2, 0.25) is 0 Å². The first-order valence-corrected chi connectivity index (χ1v) is 8.70. The Morgan fingerprint density at radius 1 is 1.26 bits per heavy atom. The molecule has 2 N–H and O–H groups in total. The molecule has 3 aliphatic rings. The maximum absolute atomic E-state index is 5.92. The van der Waals surface area contributed by atoms with Crippen LogP contribution in [0, 0.1) is 0 Å². The molecule has 3 unspecified atom stereocenters. The van der Waals surface area contributed by atoms with Crippen LogP contribution in [0.5, 0.6) is 0 Å². The Morgan fingerprint density at radius 3 is 2.96 bits per heavy atom. The molecule has 3 heterocycles. The molecular formula is C18H25N3O2. The number of aliphatic imine (C=N–C) groups is 1. The van der Waals surface area contributed by atoms with Crippen LogP contribution in [-0.4, -0.2) is 30.8 Å². The molecule has 1 aromatic carbocycles. The monoisotopic (exact) mass is 315 g/mol. The van der Waals surface area contributed by atoms with Gasteiger partial charge in [0, 0.05) is 6.54 Å². The summed E-state index contributed by atoms with van der Waals surface area (Å²) in [7, 11) is 0. The molecule has 3 atom stereocenters. The molecule has 23 heavy (non-hydrogen) atoms. The second-order valence-electron chi connectivity index (χ2n) is 6.65. The standard InChI is InChI=1S/C18H25N3O2/c1-2-19-18(21-16-8-15-5-6-17(16)23-15)20-9-12-3-4-13-10-22-11-14(13)7-12/h3-4,7,15-17H,2,5-6,8-11H2,1H3,(H2,19,20,21). The van der Waals surface area contributed by atoms with Gasteiger partial charge in [-0.15, -0.1) is 0 Å². The van der Waals surface area contributed by atoms with Crippen LogP contribution in [0.3, 0.4) is 0 Å². The van der Waals surface area contributed by atoms with Gasteiger partial charge in [0.15, 0.2) is 5.96 Å². The van der Waals surface area contributed by atoms with Gasteiger partial charge in [0.1, 0.15) is 0 Å². The van der Waals surface area contributed by atoms with Gasteiger partial charge >= 0.3 is 0 Å². The van der Waals surface area contributed by atoms with Crippen molar-refractivity contribution in [2.24, 2.45) is 4.99 Å². The van der Waals surface area contributed by atoms with E-state index in [4.69, 9.17) is 14.5 Å². The van der Waals surface area contributed by atoms with Crippen LogP contribution in [0.1, 0.15) is 42.9 Å². The maximum Gasteiger partial charge on any atom is 0.191 e. The van der Waals surface area contributed by atoms with Gasteiger partial charge in [-0.3, -0.25) is 0 Å². The summed E-state index contributed by atoms with van der Waals surface area (Å²) in [5.41, 5.74) is 3.84. The highest BCUT2D eigenvalue weighted by molar-refractivity contribution is 5.80. The number of guanidine groups is 1. The van der Waals surface area contributed by atoms with E-state index >= 15 is 0 Å². The van der Waals surface area contributed by atoms with E-state index in [0.29, 0.717) is 24.8 Å². The molecule has 5 nitrogen and oxygen atoms in total. The second-order valence-corrected chi connectivity index (χ2v) is 6.65. The maximum atomic E-state index is 5.92. The zero-order valence-electron chi connectivity index (χ0n) is 13.7. The molecule has 1 aromatic rings.